The third-order valence-electron chi connectivity index (χ3n) is 5.41. The fraction of sp³-hybridized carbons (Fsp3) is 0.250. The van der Waals surface area contributed by atoms with Crippen LogP contribution in [-0.2, 0) is 16.1 Å². The summed E-state index contributed by atoms with van der Waals surface area (Å²) in [6, 6.07) is 9.05. The van der Waals surface area contributed by atoms with Crippen LogP contribution in [0.1, 0.15) is 31.0 Å². The van der Waals surface area contributed by atoms with Crippen LogP contribution < -0.4 is 9.47 Å². The zero-order valence-corrected chi connectivity index (χ0v) is 20.8. The summed E-state index contributed by atoms with van der Waals surface area (Å²) in [5, 5.41) is 13.8. The van der Waals surface area contributed by atoms with Gasteiger partial charge in [-0.05, 0) is 54.6 Å². The monoisotopic (exact) mass is 515 g/mol. The van der Waals surface area contributed by atoms with Crippen molar-refractivity contribution in [1.82, 2.24) is 4.90 Å². The number of hydrogen-bond acceptors (Lipinski definition) is 9. The Morgan fingerprint density at radius 1 is 1.29 bits per heavy atom. The number of aliphatic imine (C=N–C) groups is 1. The number of methoxy groups -OCH3 is 1. The molecule has 2 aromatic rings. The van der Waals surface area contributed by atoms with E-state index in [4.69, 9.17) is 25.8 Å². The van der Waals surface area contributed by atoms with Gasteiger partial charge in [0.2, 0.25) is 0 Å². The highest BCUT2D eigenvalue weighted by Gasteiger charge is 2.38. The molecule has 0 saturated heterocycles. The summed E-state index contributed by atoms with van der Waals surface area (Å²) in [6.07, 6.45) is 1.86. The van der Waals surface area contributed by atoms with Crippen LogP contribution in [0.3, 0.4) is 0 Å². The number of non-ortho nitro benzene ring substituents is 1. The highest BCUT2D eigenvalue weighted by Crippen LogP contribution is 2.45. The van der Waals surface area contributed by atoms with Crippen molar-refractivity contribution in [2.75, 3.05) is 13.7 Å². The molecule has 0 N–H and O–H groups in total. The first-order valence-corrected chi connectivity index (χ1v) is 11.9. The fourth-order valence-corrected chi connectivity index (χ4v) is 4.87. The summed E-state index contributed by atoms with van der Waals surface area (Å²) in [4.78, 5) is 29.7. The van der Waals surface area contributed by atoms with E-state index in [2.05, 4.69) is 4.99 Å². The van der Waals surface area contributed by atoms with E-state index >= 15 is 0 Å². The molecule has 1 atom stereocenters. The Hall–Kier alpha value is -3.50. The first kappa shape index (κ1) is 24.6. The van der Waals surface area contributed by atoms with Crippen LogP contribution in [-0.4, -0.2) is 34.7 Å². The summed E-state index contributed by atoms with van der Waals surface area (Å²) in [7, 11) is 1.50. The topological polar surface area (TPSA) is 104 Å². The van der Waals surface area contributed by atoms with Gasteiger partial charge in [0, 0.05) is 18.3 Å². The van der Waals surface area contributed by atoms with E-state index < -0.39 is 16.9 Å². The molecule has 0 spiro atoms. The number of carbonyl (C=O) groups is 1. The van der Waals surface area contributed by atoms with E-state index in [1.807, 2.05) is 16.5 Å². The average Bonchev–Trinajstić information content (AvgIpc) is 3.30. The van der Waals surface area contributed by atoms with Gasteiger partial charge >= 0.3 is 5.97 Å². The quantitative estimate of drug-likeness (QED) is 0.254. The number of thioether (sulfide) groups is 1. The Bertz CT molecular complexity index is 1260. The summed E-state index contributed by atoms with van der Waals surface area (Å²) < 4.78 is 16.8. The van der Waals surface area contributed by atoms with Gasteiger partial charge in [0.1, 0.15) is 6.61 Å². The molecule has 4 rings (SSSR count). The number of fused-ring (bicyclic) bond motifs is 1. The second kappa shape index (κ2) is 10.4. The molecule has 0 unspecified atom stereocenters. The number of allylic oxidation sites excluding steroid dienone is 1. The molecule has 11 heteroatoms. The van der Waals surface area contributed by atoms with E-state index in [0.717, 1.165) is 10.7 Å². The number of rotatable bonds is 8. The zero-order valence-electron chi connectivity index (χ0n) is 19.2. The Kier molecular flexibility index (Phi) is 7.32. The molecule has 0 aromatic heterocycles. The largest absolute Gasteiger partial charge is 0.493 e. The van der Waals surface area contributed by atoms with E-state index in [-0.39, 0.29) is 18.9 Å². The Morgan fingerprint density at radius 2 is 2.03 bits per heavy atom. The molecular formula is C24H22ClN3O6S. The average molecular weight is 516 g/mol. The lowest BCUT2D eigenvalue weighted by Gasteiger charge is -2.33. The molecule has 35 heavy (non-hydrogen) atoms. The number of halogens is 1. The highest BCUT2D eigenvalue weighted by molar-refractivity contribution is 8.16. The van der Waals surface area contributed by atoms with Crippen LogP contribution in [0.4, 0.5) is 5.69 Å². The molecule has 9 nitrogen and oxygen atoms in total. The molecule has 0 radical (unpaired) electrons. The molecule has 0 bridgehead atoms. The SMILES string of the molecule is CCOC(=O)C1=C(C)N=C2SC=CN2[C@H]1c1cc(Cl)c(OCc2ccc([N+](=O)[O-])cc2)c(OC)c1. The van der Waals surface area contributed by atoms with Gasteiger partial charge in [-0.1, -0.05) is 23.4 Å². The van der Waals surface area contributed by atoms with E-state index in [1.54, 1.807) is 38.1 Å². The summed E-state index contributed by atoms with van der Waals surface area (Å²) in [5.74, 6) is 0.262. The van der Waals surface area contributed by atoms with Gasteiger partial charge < -0.3 is 19.1 Å². The number of ether oxygens (including phenoxy) is 3. The van der Waals surface area contributed by atoms with Crippen LogP contribution in [0, 0.1) is 10.1 Å². The van der Waals surface area contributed by atoms with Crippen LogP contribution >= 0.6 is 23.4 Å². The molecule has 2 aromatic carbocycles. The lowest BCUT2D eigenvalue weighted by atomic mass is 9.94. The third-order valence-corrected chi connectivity index (χ3v) is 6.47. The molecule has 0 saturated carbocycles. The van der Waals surface area contributed by atoms with Crippen molar-refractivity contribution >= 4 is 40.2 Å². The normalized spacial score (nSPS) is 16.6. The number of esters is 1. The molecule has 2 heterocycles. The van der Waals surface area contributed by atoms with Gasteiger partial charge in [-0.15, -0.1) is 0 Å². The van der Waals surface area contributed by atoms with Crippen molar-refractivity contribution in [3.63, 3.8) is 0 Å². The van der Waals surface area contributed by atoms with Crippen molar-refractivity contribution in [1.29, 1.82) is 0 Å². The standard InChI is InChI=1S/C24H22ClN3O6S/c1-4-33-23(29)20-14(2)26-24-27(9-10-35-24)21(20)16-11-18(25)22(19(12-16)32-3)34-13-15-5-7-17(8-6-15)28(30)31/h5-12,21H,4,13H2,1-3H3/t21-/m0/s1. The van der Waals surface area contributed by atoms with Crippen molar-refractivity contribution in [2.24, 2.45) is 4.99 Å². The maximum Gasteiger partial charge on any atom is 0.338 e. The molecular weight excluding hydrogens is 494 g/mol. The van der Waals surface area contributed by atoms with Gasteiger partial charge in [0.15, 0.2) is 16.7 Å². The Morgan fingerprint density at radius 3 is 2.69 bits per heavy atom. The van der Waals surface area contributed by atoms with Crippen LogP contribution in [0.25, 0.3) is 0 Å². The zero-order chi connectivity index (χ0) is 25.1. The first-order valence-electron chi connectivity index (χ1n) is 10.7. The van der Waals surface area contributed by atoms with Crippen LogP contribution in [0.5, 0.6) is 11.5 Å². The van der Waals surface area contributed by atoms with Gasteiger partial charge in [0.25, 0.3) is 5.69 Å². The minimum atomic E-state index is -0.511. The first-order chi connectivity index (χ1) is 16.8. The number of nitro benzene ring substituents is 1. The van der Waals surface area contributed by atoms with E-state index in [0.29, 0.717) is 33.4 Å². The van der Waals surface area contributed by atoms with Crippen LogP contribution in [0.15, 0.2) is 64.3 Å². The molecule has 2 aliphatic rings. The number of carbonyl (C=O) groups excluding carboxylic acids is 1. The second-order valence-corrected chi connectivity index (χ2v) is 8.85. The lowest BCUT2D eigenvalue weighted by Crippen LogP contribution is -2.34. The van der Waals surface area contributed by atoms with Gasteiger partial charge in [-0.3, -0.25) is 10.1 Å². The number of nitrogens with zero attached hydrogens (tertiary/aromatic N) is 3. The van der Waals surface area contributed by atoms with E-state index in [1.165, 1.54) is 31.0 Å². The number of benzene rings is 2. The summed E-state index contributed by atoms with van der Waals surface area (Å²) in [6.45, 7) is 3.90. The molecule has 0 aliphatic carbocycles. The van der Waals surface area contributed by atoms with Gasteiger partial charge in [0.05, 0.1) is 41.0 Å². The molecule has 0 amide bonds. The number of hydrogen-bond donors (Lipinski definition) is 0. The van der Waals surface area contributed by atoms with Crippen molar-refractivity contribution in [2.45, 2.75) is 26.5 Å². The Labute approximate surface area is 211 Å². The minimum Gasteiger partial charge on any atom is -0.493 e. The maximum atomic E-state index is 12.9. The predicted octanol–water partition coefficient (Wildman–Crippen LogP) is 5.60. The van der Waals surface area contributed by atoms with Crippen molar-refractivity contribution in [3.05, 3.63) is 85.5 Å². The molecule has 182 valence electrons. The smallest absolute Gasteiger partial charge is 0.338 e. The summed E-state index contributed by atoms with van der Waals surface area (Å²) in [5.41, 5.74) is 2.42. The summed E-state index contributed by atoms with van der Waals surface area (Å²) >= 11 is 8.09. The molecule has 0 fully saturated rings. The van der Waals surface area contributed by atoms with Gasteiger partial charge in [-0.2, -0.15) is 0 Å². The lowest BCUT2D eigenvalue weighted by molar-refractivity contribution is -0.384. The third kappa shape index (κ3) is 4.98. The predicted molar refractivity (Wildman–Crippen MR) is 134 cm³/mol. The van der Waals surface area contributed by atoms with Crippen LogP contribution in [0.2, 0.25) is 5.02 Å². The number of nitro groups is 1. The van der Waals surface area contributed by atoms with Crippen molar-refractivity contribution in [3.8, 4) is 11.5 Å². The molecule has 2 aliphatic heterocycles. The van der Waals surface area contributed by atoms with E-state index in [9.17, 15) is 14.9 Å². The highest BCUT2D eigenvalue weighted by atomic mass is 35.5. The fourth-order valence-electron chi connectivity index (χ4n) is 3.81. The maximum absolute atomic E-state index is 12.9. The number of amidine groups is 1. The van der Waals surface area contributed by atoms with Crippen molar-refractivity contribution < 1.29 is 23.9 Å². The minimum absolute atomic E-state index is 0.000940. The second-order valence-electron chi connectivity index (χ2n) is 7.57. The van der Waals surface area contributed by atoms with Gasteiger partial charge in [-0.25, -0.2) is 9.79 Å². The Balaban J connectivity index is 1.67.